The summed E-state index contributed by atoms with van der Waals surface area (Å²) < 4.78 is 53.7. The number of halogens is 4. The number of nitrogens with one attached hydrogen (secondary N) is 2. The van der Waals surface area contributed by atoms with Crippen molar-refractivity contribution in [2.24, 2.45) is 0 Å². The van der Waals surface area contributed by atoms with Crippen LogP contribution in [0.1, 0.15) is 24.8 Å². The highest BCUT2D eigenvalue weighted by molar-refractivity contribution is 5.47. The fourth-order valence-corrected chi connectivity index (χ4v) is 3.37. The van der Waals surface area contributed by atoms with Crippen LogP contribution >= 0.6 is 0 Å². The highest BCUT2D eigenvalue weighted by Gasteiger charge is 2.31. The predicted octanol–water partition coefficient (Wildman–Crippen LogP) is 3.64. The van der Waals surface area contributed by atoms with Gasteiger partial charge < -0.3 is 10.6 Å². The minimum absolute atomic E-state index is 0.0668. The third-order valence-corrected chi connectivity index (χ3v) is 4.81. The number of nitro groups is 1. The Bertz CT molecular complexity index is 1100. The molecule has 1 fully saturated rings. The van der Waals surface area contributed by atoms with Gasteiger partial charge in [-0.25, -0.2) is 13.9 Å². The van der Waals surface area contributed by atoms with E-state index in [-0.39, 0.29) is 29.5 Å². The summed E-state index contributed by atoms with van der Waals surface area (Å²) in [4.78, 5) is 17.8. The molecule has 1 saturated carbocycles. The summed E-state index contributed by atoms with van der Waals surface area (Å²) in [5.74, 6) is -0.695. The zero-order chi connectivity index (χ0) is 21.5. The van der Waals surface area contributed by atoms with Crippen LogP contribution in [0.5, 0.6) is 0 Å². The topological polar surface area (TPSA) is 110 Å². The van der Waals surface area contributed by atoms with E-state index in [1.54, 1.807) is 0 Å². The van der Waals surface area contributed by atoms with Crippen LogP contribution in [0.15, 0.2) is 30.6 Å². The second-order valence-corrected chi connectivity index (χ2v) is 6.93. The lowest BCUT2D eigenvalue weighted by Crippen LogP contribution is -2.22. The Labute approximate surface area is 166 Å². The van der Waals surface area contributed by atoms with Gasteiger partial charge in [-0.2, -0.15) is 18.2 Å². The van der Waals surface area contributed by atoms with Crippen LogP contribution in [0.3, 0.4) is 0 Å². The van der Waals surface area contributed by atoms with E-state index in [4.69, 9.17) is 0 Å². The van der Waals surface area contributed by atoms with Gasteiger partial charge in [-0.3, -0.25) is 10.1 Å². The molecule has 1 aliphatic carbocycles. The molecule has 2 atom stereocenters. The molecule has 3 heterocycles. The fourth-order valence-electron chi connectivity index (χ4n) is 3.37. The first kappa shape index (κ1) is 19.8. The van der Waals surface area contributed by atoms with Gasteiger partial charge in [0, 0.05) is 18.3 Å². The summed E-state index contributed by atoms with van der Waals surface area (Å²) in [6.45, 7) is 0. The van der Waals surface area contributed by atoms with Crippen molar-refractivity contribution < 1.29 is 22.5 Å². The number of aromatic nitrogens is 4. The lowest BCUT2D eigenvalue weighted by molar-refractivity contribution is -0.385. The van der Waals surface area contributed by atoms with Crippen LogP contribution in [-0.2, 0) is 6.18 Å². The third-order valence-electron chi connectivity index (χ3n) is 4.81. The van der Waals surface area contributed by atoms with E-state index >= 15 is 0 Å². The first-order valence-corrected chi connectivity index (χ1v) is 8.95. The van der Waals surface area contributed by atoms with Gasteiger partial charge in [0.15, 0.2) is 17.3 Å². The molecule has 4 rings (SSSR count). The van der Waals surface area contributed by atoms with Crippen molar-refractivity contribution in [3.63, 3.8) is 0 Å². The quantitative estimate of drug-likeness (QED) is 0.365. The Morgan fingerprint density at radius 2 is 1.93 bits per heavy atom. The largest absolute Gasteiger partial charge is 0.416 e. The molecule has 0 amide bonds. The van der Waals surface area contributed by atoms with Crippen molar-refractivity contribution in [2.45, 2.75) is 37.5 Å². The molecule has 0 radical (unpaired) electrons. The summed E-state index contributed by atoms with van der Waals surface area (Å²) in [6.07, 6.45) is -0.379. The maximum Gasteiger partial charge on any atom is 0.416 e. The number of pyridine rings is 2. The van der Waals surface area contributed by atoms with E-state index < -0.39 is 28.2 Å². The van der Waals surface area contributed by atoms with Gasteiger partial charge in [-0.05, 0) is 31.4 Å². The zero-order valence-corrected chi connectivity index (χ0v) is 15.2. The van der Waals surface area contributed by atoms with Crippen molar-refractivity contribution in [3.8, 4) is 0 Å². The number of hydrogen-bond donors (Lipinski definition) is 2. The number of fused-ring (bicyclic) bond motifs is 1. The van der Waals surface area contributed by atoms with Crippen LogP contribution in [0, 0.1) is 15.9 Å². The molecule has 0 aromatic carbocycles. The summed E-state index contributed by atoms with van der Waals surface area (Å²) >= 11 is 0. The molecular formula is C17H15F4N7O2. The van der Waals surface area contributed by atoms with E-state index in [1.807, 2.05) is 0 Å². The molecule has 13 heteroatoms. The van der Waals surface area contributed by atoms with Gasteiger partial charge >= 0.3 is 6.18 Å². The smallest absolute Gasteiger partial charge is 0.365 e. The maximum absolute atomic E-state index is 14.0. The van der Waals surface area contributed by atoms with E-state index in [2.05, 4.69) is 25.7 Å². The molecule has 0 spiro atoms. The molecule has 3 aromatic rings. The SMILES string of the molecule is O=[N+]([O-])c1cnc(N[C@H]2CC[C@H](Nc3nc4cc(C(F)(F)F)ccn4n3)C2)c(F)c1. The number of hydrogen-bond acceptors (Lipinski definition) is 7. The number of alkyl halides is 3. The van der Waals surface area contributed by atoms with Gasteiger partial charge in [0.05, 0.1) is 16.6 Å². The van der Waals surface area contributed by atoms with E-state index in [0.29, 0.717) is 19.3 Å². The molecule has 0 bridgehead atoms. The Morgan fingerprint density at radius 1 is 1.20 bits per heavy atom. The normalized spacial score (nSPS) is 19.2. The maximum atomic E-state index is 14.0. The van der Waals surface area contributed by atoms with Gasteiger partial charge in [0.25, 0.3) is 5.69 Å². The second kappa shape index (κ2) is 7.39. The summed E-state index contributed by atoms with van der Waals surface area (Å²) in [6, 6.07) is 2.42. The van der Waals surface area contributed by atoms with Crippen LogP contribution in [-0.4, -0.2) is 36.6 Å². The van der Waals surface area contributed by atoms with Crippen LogP contribution in [0.4, 0.5) is 35.0 Å². The van der Waals surface area contributed by atoms with Crippen LogP contribution in [0.2, 0.25) is 0 Å². The molecule has 158 valence electrons. The highest BCUT2D eigenvalue weighted by atomic mass is 19.4. The summed E-state index contributed by atoms with van der Waals surface area (Å²) in [7, 11) is 0. The van der Waals surface area contributed by atoms with Crippen molar-refractivity contribution >= 4 is 23.1 Å². The average Bonchev–Trinajstić information content (AvgIpc) is 3.28. The standard InChI is InChI=1S/C17H15F4N7O2/c18-13-7-12(28(29)30)8-22-15(13)23-10-1-2-11(6-10)24-16-25-14-5-9(17(19,20)21)3-4-27(14)26-16/h3-5,7-8,10-11H,1-2,6H2,(H,22,23)(H,24,26)/t10-,11-/m0/s1. The molecular weight excluding hydrogens is 410 g/mol. The minimum Gasteiger partial charge on any atom is -0.365 e. The number of anilines is 2. The molecule has 2 N–H and O–H groups in total. The van der Waals surface area contributed by atoms with E-state index in [1.165, 1.54) is 10.7 Å². The summed E-state index contributed by atoms with van der Waals surface area (Å²) in [5, 5.41) is 20.8. The Morgan fingerprint density at radius 3 is 2.60 bits per heavy atom. The van der Waals surface area contributed by atoms with Gasteiger partial charge in [-0.15, -0.1) is 5.10 Å². The Balaban J connectivity index is 1.40. The lowest BCUT2D eigenvalue weighted by atomic mass is 10.2. The molecule has 1 aliphatic rings. The van der Waals surface area contributed by atoms with Gasteiger partial charge in [0.1, 0.15) is 6.20 Å². The van der Waals surface area contributed by atoms with E-state index in [9.17, 15) is 27.7 Å². The lowest BCUT2D eigenvalue weighted by Gasteiger charge is -2.14. The Hall–Kier alpha value is -3.51. The second-order valence-electron chi connectivity index (χ2n) is 6.93. The molecule has 0 aliphatic heterocycles. The molecule has 0 saturated heterocycles. The minimum atomic E-state index is -4.47. The van der Waals surface area contributed by atoms with E-state index in [0.717, 1.165) is 24.4 Å². The van der Waals surface area contributed by atoms with Gasteiger partial charge in [0.2, 0.25) is 5.95 Å². The van der Waals surface area contributed by atoms with Crippen molar-refractivity contribution in [2.75, 3.05) is 10.6 Å². The van der Waals surface area contributed by atoms with Crippen molar-refractivity contribution in [1.82, 2.24) is 19.6 Å². The molecule has 3 aromatic heterocycles. The fraction of sp³-hybridized carbons (Fsp3) is 0.353. The first-order chi connectivity index (χ1) is 14.2. The van der Waals surface area contributed by atoms with Crippen LogP contribution < -0.4 is 10.6 Å². The Kier molecular flexibility index (Phi) is 4.87. The average molecular weight is 425 g/mol. The van der Waals surface area contributed by atoms with Crippen molar-refractivity contribution in [3.05, 3.63) is 52.1 Å². The first-order valence-electron chi connectivity index (χ1n) is 8.95. The molecule has 30 heavy (non-hydrogen) atoms. The van der Waals surface area contributed by atoms with Crippen LogP contribution in [0.25, 0.3) is 5.65 Å². The number of rotatable bonds is 5. The van der Waals surface area contributed by atoms with Crippen molar-refractivity contribution in [1.29, 1.82) is 0 Å². The predicted molar refractivity (Wildman–Crippen MR) is 97.5 cm³/mol. The molecule has 9 nitrogen and oxygen atoms in total. The third kappa shape index (κ3) is 4.09. The highest BCUT2D eigenvalue weighted by Crippen LogP contribution is 2.30. The number of nitrogens with zero attached hydrogens (tertiary/aromatic N) is 5. The van der Waals surface area contributed by atoms with Gasteiger partial charge in [-0.1, -0.05) is 0 Å². The molecule has 0 unspecified atom stereocenters. The monoisotopic (exact) mass is 425 g/mol. The zero-order valence-electron chi connectivity index (χ0n) is 15.2. The summed E-state index contributed by atoms with van der Waals surface area (Å²) in [5.41, 5.74) is -1.18.